The largest absolute Gasteiger partial charge is 0.384 e. The fraction of sp³-hybridized carbons (Fsp3) is 0.524. The predicted molar refractivity (Wildman–Crippen MR) is 124 cm³/mol. The van der Waals surface area contributed by atoms with E-state index in [1.165, 1.54) is 12.0 Å². The van der Waals surface area contributed by atoms with E-state index in [-0.39, 0.29) is 24.0 Å². The minimum absolute atomic E-state index is 0. The molecule has 0 amide bonds. The highest BCUT2D eigenvalue weighted by atomic mass is 127. The van der Waals surface area contributed by atoms with Gasteiger partial charge in [-0.2, -0.15) is 0 Å². The molecule has 1 saturated heterocycles. The zero-order valence-corrected chi connectivity index (χ0v) is 19.2. The van der Waals surface area contributed by atoms with Gasteiger partial charge in [-0.3, -0.25) is 4.99 Å². The summed E-state index contributed by atoms with van der Waals surface area (Å²) in [6.07, 6.45) is 5.93. The van der Waals surface area contributed by atoms with Crippen LogP contribution in [0.4, 0.5) is 0 Å². The fourth-order valence-electron chi connectivity index (χ4n) is 3.58. The Bertz CT molecular complexity index is 719. The van der Waals surface area contributed by atoms with Crippen LogP contribution in [0.25, 0.3) is 0 Å². The maximum atomic E-state index is 5.31. The van der Waals surface area contributed by atoms with Crippen molar-refractivity contribution in [3.8, 4) is 0 Å². The molecule has 0 radical (unpaired) electrons. The van der Waals surface area contributed by atoms with Gasteiger partial charge >= 0.3 is 0 Å². The Balaban J connectivity index is 0.00000280. The number of benzene rings is 1. The molecule has 1 fully saturated rings. The first kappa shape index (κ1) is 22.7. The van der Waals surface area contributed by atoms with Crippen LogP contribution in [0, 0.1) is 5.92 Å². The van der Waals surface area contributed by atoms with Crippen LogP contribution >= 0.6 is 24.0 Å². The molecule has 2 heterocycles. The van der Waals surface area contributed by atoms with Crippen molar-refractivity contribution in [3.63, 3.8) is 0 Å². The number of hydrogen-bond donors (Lipinski definition) is 1. The van der Waals surface area contributed by atoms with Gasteiger partial charge in [0.1, 0.15) is 5.82 Å². The van der Waals surface area contributed by atoms with Gasteiger partial charge in [-0.15, -0.1) is 24.0 Å². The van der Waals surface area contributed by atoms with Crippen LogP contribution in [0.1, 0.15) is 24.7 Å². The zero-order valence-electron chi connectivity index (χ0n) is 16.9. The minimum Gasteiger partial charge on any atom is -0.384 e. The molecule has 1 aromatic carbocycles. The topological polar surface area (TPSA) is 54.7 Å². The summed E-state index contributed by atoms with van der Waals surface area (Å²) in [4.78, 5) is 11.7. The highest BCUT2D eigenvalue weighted by molar-refractivity contribution is 14.0. The summed E-state index contributed by atoms with van der Waals surface area (Å²) in [7, 11) is 1.78. The van der Waals surface area contributed by atoms with Gasteiger partial charge < -0.3 is 19.5 Å². The van der Waals surface area contributed by atoms with Gasteiger partial charge in [0, 0.05) is 64.6 Å². The Hall–Kier alpha value is -1.61. The Morgan fingerprint density at radius 3 is 2.89 bits per heavy atom. The molecule has 0 saturated carbocycles. The molecule has 0 aliphatic carbocycles. The lowest BCUT2D eigenvalue weighted by atomic mass is 10.1. The number of nitrogens with zero attached hydrogens (tertiary/aromatic N) is 4. The number of guanidine groups is 1. The van der Waals surface area contributed by atoms with Gasteiger partial charge in [0.2, 0.25) is 0 Å². The van der Waals surface area contributed by atoms with Crippen molar-refractivity contribution < 1.29 is 4.74 Å². The van der Waals surface area contributed by atoms with Crippen molar-refractivity contribution in [3.05, 3.63) is 54.1 Å². The van der Waals surface area contributed by atoms with Crippen molar-refractivity contribution in [2.24, 2.45) is 10.9 Å². The predicted octanol–water partition coefficient (Wildman–Crippen LogP) is 3.03. The summed E-state index contributed by atoms with van der Waals surface area (Å²) < 4.78 is 7.52. The summed E-state index contributed by atoms with van der Waals surface area (Å²) in [6.45, 7) is 7.47. The number of nitrogens with one attached hydrogen (secondary N) is 1. The average molecular weight is 497 g/mol. The first-order chi connectivity index (χ1) is 13.3. The Morgan fingerprint density at radius 2 is 2.14 bits per heavy atom. The number of methoxy groups -OCH3 is 1. The highest BCUT2D eigenvalue weighted by Crippen LogP contribution is 2.16. The van der Waals surface area contributed by atoms with Crippen LogP contribution in [0.5, 0.6) is 0 Å². The van der Waals surface area contributed by atoms with Crippen molar-refractivity contribution in [1.29, 1.82) is 0 Å². The number of halogens is 1. The molecule has 2 aromatic rings. The number of hydrogen-bond acceptors (Lipinski definition) is 3. The first-order valence-corrected chi connectivity index (χ1v) is 9.86. The Labute approximate surface area is 185 Å². The molecule has 7 heteroatoms. The van der Waals surface area contributed by atoms with Crippen LogP contribution < -0.4 is 5.32 Å². The monoisotopic (exact) mass is 497 g/mol. The molecular weight excluding hydrogens is 465 g/mol. The molecule has 1 aliphatic heterocycles. The molecule has 0 bridgehead atoms. The molecule has 6 nitrogen and oxygen atoms in total. The fourth-order valence-corrected chi connectivity index (χ4v) is 3.58. The molecule has 1 atom stereocenters. The summed E-state index contributed by atoms with van der Waals surface area (Å²) in [6, 6.07) is 10.5. The van der Waals surface area contributed by atoms with Gasteiger partial charge in [0.15, 0.2) is 5.96 Å². The number of imidazole rings is 1. The highest BCUT2D eigenvalue weighted by Gasteiger charge is 2.24. The second-order valence-electron chi connectivity index (χ2n) is 7.00. The van der Waals surface area contributed by atoms with Crippen LogP contribution in [0.3, 0.4) is 0 Å². The average Bonchev–Trinajstić information content (AvgIpc) is 3.32. The van der Waals surface area contributed by atoms with E-state index in [0.29, 0.717) is 5.92 Å². The van der Waals surface area contributed by atoms with Gasteiger partial charge in [0.05, 0.1) is 6.61 Å². The third-order valence-corrected chi connectivity index (χ3v) is 4.92. The van der Waals surface area contributed by atoms with Crippen LogP contribution in [-0.2, 0) is 17.7 Å². The number of rotatable bonds is 8. The maximum Gasteiger partial charge on any atom is 0.193 e. The second-order valence-corrected chi connectivity index (χ2v) is 7.00. The van der Waals surface area contributed by atoms with E-state index in [9.17, 15) is 0 Å². The summed E-state index contributed by atoms with van der Waals surface area (Å²) in [5.74, 6) is 2.69. The lowest BCUT2D eigenvalue weighted by Gasteiger charge is -2.21. The number of likely N-dealkylation sites (tertiary alicyclic amines) is 1. The first-order valence-electron chi connectivity index (χ1n) is 9.86. The number of ether oxygens (including phenoxy) is 1. The molecule has 1 unspecified atom stereocenters. The van der Waals surface area contributed by atoms with Crippen molar-refractivity contribution in [1.82, 2.24) is 19.8 Å². The van der Waals surface area contributed by atoms with Crippen molar-refractivity contribution in [2.75, 3.05) is 39.9 Å². The Kier molecular flexibility index (Phi) is 9.77. The molecule has 154 valence electrons. The summed E-state index contributed by atoms with van der Waals surface area (Å²) in [5.41, 5.74) is 1.29. The normalized spacial score (nSPS) is 16.9. The van der Waals surface area contributed by atoms with E-state index < -0.39 is 0 Å². The van der Waals surface area contributed by atoms with Gasteiger partial charge in [-0.05, 0) is 18.9 Å². The molecule has 28 heavy (non-hydrogen) atoms. The lowest BCUT2D eigenvalue weighted by molar-refractivity contribution is 0.157. The molecule has 3 rings (SSSR count). The molecular formula is C21H32IN5O. The third kappa shape index (κ3) is 6.48. The number of aromatic nitrogens is 2. The van der Waals surface area contributed by atoms with E-state index in [4.69, 9.17) is 9.73 Å². The van der Waals surface area contributed by atoms with E-state index in [2.05, 4.69) is 51.0 Å². The summed E-state index contributed by atoms with van der Waals surface area (Å²) in [5, 5.41) is 3.43. The van der Waals surface area contributed by atoms with E-state index in [1.807, 2.05) is 18.5 Å². The van der Waals surface area contributed by atoms with E-state index in [1.54, 1.807) is 7.11 Å². The summed E-state index contributed by atoms with van der Waals surface area (Å²) >= 11 is 0. The molecule has 1 N–H and O–H groups in total. The zero-order chi connectivity index (χ0) is 18.9. The molecule has 1 aliphatic rings. The lowest BCUT2D eigenvalue weighted by Crippen LogP contribution is -2.40. The van der Waals surface area contributed by atoms with Gasteiger partial charge in [-0.1, -0.05) is 30.3 Å². The van der Waals surface area contributed by atoms with Gasteiger partial charge in [0.25, 0.3) is 0 Å². The maximum absolute atomic E-state index is 5.31. The van der Waals surface area contributed by atoms with Crippen LogP contribution in [-0.4, -0.2) is 60.3 Å². The van der Waals surface area contributed by atoms with Crippen LogP contribution in [0.15, 0.2) is 47.7 Å². The Morgan fingerprint density at radius 1 is 1.32 bits per heavy atom. The van der Waals surface area contributed by atoms with Gasteiger partial charge in [-0.25, -0.2) is 4.98 Å². The quantitative estimate of drug-likeness (QED) is 0.346. The van der Waals surface area contributed by atoms with E-state index in [0.717, 1.165) is 57.5 Å². The smallest absolute Gasteiger partial charge is 0.193 e. The number of aliphatic imine (C=N–C) groups is 1. The standard InChI is InChI=1S/C21H31N5O.HI/c1-3-22-21(26-13-10-19(16-26)17-27-2)24-11-9-20-23-12-14-25(20)15-18-7-5-4-6-8-18;/h4-8,12,14,19H,3,9-11,13,15-17H2,1-2H3,(H,22,24);1H. The molecule has 1 aromatic heterocycles. The SMILES string of the molecule is CCNC(=NCCc1nccn1Cc1ccccc1)N1CCC(COC)C1.I. The third-order valence-electron chi connectivity index (χ3n) is 4.92. The minimum atomic E-state index is 0. The van der Waals surface area contributed by atoms with Crippen LogP contribution in [0.2, 0.25) is 0 Å². The van der Waals surface area contributed by atoms with Crippen molar-refractivity contribution >= 4 is 29.9 Å². The molecule has 0 spiro atoms. The second kappa shape index (κ2) is 12.1. The van der Waals surface area contributed by atoms with Crippen molar-refractivity contribution in [2.45, 2.75) is 26.3 Å². The van der Waals surface area contributed by atoms with E-state index >= 15 is 0 Å².